The zero-order chi connectivity index (χ0) is 17.9. The molecule has 0 aliphatic carbocycles. The number of carbonyl (C=O) groups excluding carboxylic acids is 1. The number of aromatic nitrogens is 4. The number of H-pyrrole nitrogens is 1. The molecule has 1 aliphatic rings. The Balaban J connectivity index is 1.52. The number of amides is 1. The van der Waals surface area contributed by atoms with Crippen LogP contribution in [0, 0.1) is 0 Å². The van der Waals surface area contributed by atoms with Crippen molar-refractivity contribution in [3.63, 3.8) is 0 Å². The number of thiophene rings is 1. The molecular formula is C18H19N5O2S. The first-order valence-corrected chi connectivity index (χ1v) is 9.45. The fourth-order valence-corrected chi connectivity index (χ4v) is 3.97. The van der Waals surface area contributed by atoms with Gasteiger partial charge >= 0.3 is 0 Å². The molecule has 0 aromatic carbocycles. The first-order chi connectivity index (χ1) is 12.7. The van der Waals surface area contributed by atoms with E-state index in [0.29, 0.717) is 18.1 Å². The minimum absolute atomic E-state index is 0.0445. The maximum absolute atomic E-state index is 12.5. The number of rotatable bonds is 4. The molecular weight excluding hydrogens is 350 g/mol. The lowest BCUT2D eigenvalue weighted by Gasteiger charge is -2.32. The van der Waals surface area contributed by atoms with E-state index in [1.807, 2.05) is 22.4 Å². The van der Waals surface area contributed by atoms with Gasteiger partial charge in [-0.05, 0) is 24.3 Å². The van der Waals surface area contributed by atoms with Crippen LogP contribution in [0.4, 0.5) is 0 Å². The number of imidazole rings is 1. The molecule has 1 saturated heterocycles. The zero-order valence-corrected chi connectivity index (χ0v) is 15.0. The molecule has 3 aromatic heterocycles. The molecule has 26 heavy (non-hydrogen) atoms. The monoisotopic (exact) mass is 369 g/mol. The molecule has 0 saturated carbocycles. The third-order valence-electron chi connectivity index (χ3n) is 4.57. The van der Waals surface area contributed by atoms with Gasteiger partial charge in [0.1, 0.15) is 12.4 Å². The number of aromatic amines is 1. The molecule has 1 fully saturated rings. The summed E-state index contributed by atoms with van der Waals surface area (Å²) in [4.78, 5) is 39.0. The molecule has 0 radical (unpaired) electrons. The van der Waals surface area contributed by atoms with Crippen LogP contribution in [0.2, 0.25) is 0 Å². The highest BCUT2D eigenvalue weighted by Crippen LogP contribution is 2.27. The lowest BCUT2D eigenvalue weighted by Crippen LogP contribution is -2.41. The lowest BCUT2D eigenvalue weighted by molar-refractivity contribution is -0.133. The van der Waals surface area contributed by atoms with Crippen LogP contribution in [0.15, 0.2) is 47.1 Å². The van der Waals surface area contributed by atoms with Crippen LogP contribution < -0.4 is 5.56 Å². The second kappa shape index (κ2) is 7.25. The molecule has 1 aliphatic heterocycles. The number of hydrogen-bond donors (Lipinski definition) is 1. The Morgan fingerprint density at radius 2 is 2.35 bits per heavy atom. The van der Waals surface area contributed by atoms with E-state index in [1.165, 1.54) is 6.07 Å². The zero-order valence-electron chi connectivity index (χ0n) is 14.2. The van der Waals surface area contributed by atoms with Crippen LogP contribution >= 0.6 is 11.3 Å². The average molecular weight is 369 g/mol. The van der Waals surface area contributed by atoms with Gasteiger partial charge in [-0.2, -0.15) is 0 Å². The van der Waals surface area contributed by atoms with Crippen molar-refractivity contribution >= 4 is 17.2 Å². The van der Waals surface area contributed by atoms with Crippen molar-refractivity contribution in [2.45, 2.75) is 25.3 Å². The Hall–Kier alpha value is -2.74. The smallest absolute Gasteiger partial charge is 0.251 e. The standard InChI is InChI=1S/C18H19N5O2S/c24-16-9-14(15-4-2-8-26-15)20-18(21-16)13-3-1-6-23(10-13)17(25)11-22-7-5-19-12-22/h2,4-5,7-9,12-13H,1,3,6,10-11H2,(H,20,21,24). The maximum atomic E-state index is 12.5. The average Bonchev–Trinajstić information content (AvgIpc) is 3.35. The molecule has 3 aromatic rings. The van der Waals surface area contributed by atoms with E-state index < -0.39 is 0 Å². The lowest BCUT2D eigenvalue weighted by atomic mass is 9.97. The molecule has 0 bridgehead atoms. The van der Waals surface area contributed by atoms with Crippen molar-refractivity contribution in [1.82, 2.24) is 24.4 Å². The van der Waals surface area contributed by atoms with Gasteiger partial charge in [0.05, 0.1) is 16.9 Å². The van der Waals surface area contributed by atoms with E-state index in [-0.39, 0.29) is 23.9 Å². The number of nitrogens with one attached hydrogen (secondary N) is 1. The summed E-state index contributed by atoms with van der Waals surface area (Å²) in [7, 11) is 0. The Kier molecular flexibility index (Phi) is 4.66. The number of likely N-dealkylation sites (tertiary alicyclic amines) is 1. The number of nitrogens with zero attached hydrogens (tertiary/aromatic N) is 4. The Morgan fingerprint density at radius 3 is 3.12 bits per heavy atom. The van der Waals surface area contributed by atoms with Crippen LogP contribution in [-0.4, -0.2) is 43.4 Å². The van der Waals surface area contributed by atoms with Crippen LogP contribution in [0.5, 0.6) is 0 Å². The van der Waals surface area contributed by atoms with Crippen LogP contribution in [0.25, 0.3) is 10.6 Å². The highest BCUT2D eigenvalue weighted by Gasteiger charge is 2.26. The molecule has 0 spiro atoms. The van der Waals surface area contributed by atoms with E-state index in [4.69, 9.17) is 0 Å². The summed E-state index contributed by atoms with van der Waals surface area (Å²) in [5.74, 6) is 0.772. The van der Waals surface area contributed by atoms with Gasteiger partial charge in [0.25, 0.3) is 5.56 Å². The van der Waals surface area contributed by atoms with Gasteiger partial charge in [0, 0.05) is 37.5 Å². The summed E-state index contributed by atoms with van der Waals surface area (Å²) in [6.45, 7) is 1.59. The van der Waals surface area contributed by atoms with Crippen molar-refractivity contribution in [3.05, 3.63) is 58.5 Å². The van der Waals surface area contributed by atoms with Crippen molar-refractivity contribution in [2.24, 2.45) is 0 Å². The number of piperidine rings is 1. The fraction of sp³-hybridized carbons (Fsp3) is 0.333. The Bertz CT molecular complexity index is 933. The highest BCUT2D eigenvalue weighted by molar-refractivity contribution is 7.13. The van der Waals surface area contributed by atoms with Gasteiger partial charge < -0.3 is 14.5 Å². The van der Waals surface area contributed by atoms with Gasteiger partial charge in [0.2, 0.25) is 5.91 Å². The number of hydrogen-bond acceptors (Lipinski definition) is 5. The minimum atomic E-state index is -0.153. The predicted molar refractivity (Wildman–Crippen MR) is 99.0 cm³/mol. The van der Waals surface area contributed by atoms with Gasteiger partial charge in [-0.3, -0.25) is 9.59 Å². The van der Waals surface area contributed by atoms with Crippen molar-refractivity contribution in [3.8, 4) is 10.6 Å². The maximum Gasteiger partial charge on any atom is 0.251 e. The summed E-state index contributed by atoms with van der Waals surface area (Å²) in [5.41, 5.74) is 0.542. The summed E-state index contributed by atoms with van der Waals surface area (Å²) in [6.07, 6.45) is 6.89. The van der Waals surface area contributed by atoms with Crippen molar-refractivity contribution in [2.75, 3.05) is 13.1 Å². The quantitative estimate of drug-likeness (QED) is 0.763. The van der Waals surface area contributed by atoms with Gasteiger partial charge in [-0.1, -0.05) is 6.07 Å². The van der Waals surface area contributed by atoms with Gasteiger partial charge in [-0.25, -0.2) is 9.97 Å². The van der Waals surface area contributed by atoms with E-state index in [0.717, 1.165) is 24.3 Å². The largest absolute Gasteiger partial charge is 0.340 e. The van der Waals surface area contributed by atoms with Gasteiger partial charge in [-0.15, -0.1) is 11.3 Å². The van der Waals surface area contributed by atoms with E-state index >= 15 is 0 Å². The Morgan fingerprint density at radius 1 is 1.42 bits per heavy atom. The van der Waals surface area contributed by atoms with E-state index in [2.05, 4.69) is 15.0 Å². The van der Waals surface area contributed by atoms with E-state index in [1.54, 1.807) is 34.6 Å². The first-order valence-electron chi connectivity index (χ1n) is 8.58. The molecule has 1 amide bonds. The van der Waals surface area contributed by atoms with Crippen LogP contribution in [0.1, 0.15) is 24.6 Å². The van der Waals surface area contributed by atoms with Gasteiger partial charge in [0.15, 0.2) is 0 Å². The third kappa shape index (κ3) is 3.60. The second-order valence-electron chi connectivity index (χ2n) is 6.41. The molecule has 134 valence electrons. The summed E-state index contributed by atoms with van der Waals surface area (Å²) < 4.78 is 1.77. The summed E-state index contributed by atoms with van der Waals surface area (Å²) >= 11 is 1.56. The molecule has 1 atom stereocenters. The third-order valence-corrected chi connectivity index (χ3v) is 5.46. The minimum Gasteiger partial charge on any atom is -0.340 e. The molecule has 4 rings (SSSR count). The molecule has 1 unspecified atom stereocenters. The number of carbonyl (C=O) groups is 1. The molecule has 1 N–H and O–H groups in total. The fourth-order valence-electron chi connectivity index (χ4n) is 3.28. The van der Waals surface area contributed by atoms with Crippen LogP contribution in [-0.2, 0) is 11.3 Å². The predicted octanol–water partition coefficient (Wildman–Crippen LogP) is 2.10. The molecule has 7 nitrogen and oxygen atoms in total. The van der Waals surface area contributed by atoms with Crippen molar-refractivity contribution < 1.29 is 4.79 Å². The molecule has 8 heteroatoms. The van der Waals surface area contributed by atoms with Crippen molar-refractivity contribution in [1.29, 1.82) is 0 Å². The second-order valence-corrected chi connectivity index (χ2v) is 7.35. The molecule has 4 heterocycles. The normalized spacial score (nSPS) is 17.4. The topological polar surface area (TPSA) is 83.9 Å². The highest BCUT2D eigenvalue weighted by atomic mass is 32.1. The van der Waals surface area contributed by atoms with Crippen LogP contribution in [0.3, 0.4) is 0 Å². The Labute approximate surface area is 154 Å². The van der Waals surface area contributed by atoms with E-state index in [9.17, 15) is 9.59 Å². The first kappa shape index (κ1) is 16.7. The SMILES string of the molecule is O=C(Cn1ccnc1)N1CCCC(c2nc(-c3cccs3)cc(=O)[nH]2)C1. The summed E-state index contributed by atoms with van der Waals surface area (Å²) in [6, 6.07) is 5.43. The summed E-state index contributed by atoms with van der Waals surface area (Å²) in [5, 5.41) is 1.97.